The number of thiazole rings is 1. The molecule has 2 atom stereocenters. The van der Waals surface area contributed by atoms with E-state index in [-0.39, 0.29) is 29.4 Å². The largest absolute Gasteiger partial charge is 0.342 e. The van der Waals surface area contributed by atoms with Gasteiger partial charge in [0.15, 0.2) is 0 Å². The molecule has 8 heteroatoms. The second-order valence-electron chi connectivity index (χ2n) is 6.29. The van der Waals surface area contributed by atoms with Crippen LogP contribution in [0.3, 0.4) is 0 Å². The smallest absolute Gasteiger partial charge is 0.286 e. The van der Waals surface area contributed by atoms with Gasteiger partial charge < -0.3 is 4.90 Å². The van der Waals surface area contributed by atoms with Gasteiger partial charge >= 0.3 is 0 Å². The number of nitrogens with zero attached hydrogens (tertiary/aromatic N) is 2. The molecule has 6 nitrogen and oxygen atoms in total. The number of piperidine rings is 1. The Morgan fingerprint density at radius 1 is 1.32 bits per heavy atom. The van der Waals surface area contributed by atoms with Crippen molar-refractivity contribution in [2.75, 3.05) is 13.1 Å². The highest BCUT2D eigenvalue weighted by atomic mass is 32.2. The summed E-state index contributed by atoms with van der Waals surface area (Å²) in [5, 5.41) is 2.34. The summed E-state index contributed by atoms with van der Waals surface area (Å²) in [4.78, 5) is 42.0. The standard InChI is InChI=1S/C17H17N3O3S2/c21-14(8-13-15(22)19-17(23)25-13)20-7-3-4-10(9-20)16-18-11-5-1-2-6-12(11)24-16/h1-2,5-6,10,13H,3-4,7-9H2,(H,19,22,23)/t10-,13+/m1/s1. The molecule has 4 rings (SSSR count). The average Bonchev–Trinajstić information content (AvgIpc) is 3.18. The van der Waals surface area contributed by atoms with Crippen LogP contribution in [0.15, 0.2) is 24.3 Å². The number of carbonyl (C=O) groups is 3. The molecule has 0 unspecified atom stereocenters. The molecule has 2 aromatic rings. The minimum Gasteiger partial charge on any atom is -0.342 e. The molecule has 0 aliphatic carbocycles. The lowest BCUT2D eigenvalue weighted by Crippen LogP contribution is -2.41. The Labute approximate surface area is 153 Å². The van der Waals surface area contributed by atoms with Gasteiger partial charge in [0.1, 0.15) is 5.25 Å². The molecule has 1 N–H and O–H groups in total. The number of thioether (sulfide) groups is 1. The van der Waals surface area contributed by atoms with Crippen molar-refractivity contribution in [3.63, 3.8) is 0 Å². The molecule has 2 saturated heterocycles. The maximum absolute atomic E-state index is 12.6. The van der Waals surface area contributed by atoms with Crippen molar-refractivity contribution in [1.82, 2.24) is 15.2 Å². The van der Waals surface area contributed by atoms with Gasteiger partial charge in [0.05, 0.1) is 15.2 Å². The van der Waals surface area contributed by atoms with Crippen LogP contribution < -0.4 is 5.32 Å². The van der Waals surface area contributed by atoms with Crippen molar-refractivity contribution in [3.8, 4) is 0 Å². The molecule has 130 valence electrons. The molecule has 25 heavy (non-hydrogen) atoms. The first-order valence-corrected chi connectivity index (χ1v) is 9.94. The van der Waals surface area contributed by atoms with Gasteiger partial charge in [-0.3, -0.25) is 19.7 Å². The number of fused-ring (bicyclic) bond motifs is 1. The number of imide groups is 1. The molecule has 2 aliphatic rings. The molecule has 3 amide bonds. The van der Waals surface area contributed by atoms with E-state index in [9.17, 15) is 14.4 Å². The van der Waals surface area contributed by atoms with Crippen molar-refractivity contribution in [2.24, 2.45) is 0 Å². The minimum atomic E-state index is -0.595. The number of hydrogen-bond donors (Lipinski definition) is 1. The second kappa shape index (κ2) is 6.76. The van der Waals surface area contributed by atoms with E-state index in [2.05, 4.69) is 11.4 Å². The van der Waals surface area contributed by atoms with Crippen LogP contribution in [0, 0.1) is 0 Å². The predicted octanol–water partition coefficient (Wildman–Crippen LogP) is 2.74. The van der Waals surface area contributed by atoms with E-state index in [0.717, 1.165) is 35.1 Å². The summed E-state index contributed by atoms with van der Waals surface area (Å²) in [6, 6.07) is 8.06. The van der Waals surface area contributed by atoms with E-state index in [1.807, 2.05) is 23.1 Å². The van der Waals surface area contributed by atoms with Gasteiger partial charge in [-0.05, 0) is 25.0 Å². The monoisotopic (exact) mass is 375 g/mol. The fourth-order valence-electron chi connectivity index (χ4n) is 3.29. The van der Waals surface area contributed by atoms with Crippen LogP contribution in [0.4, 0.5) is 4.79 Å². The number of nitrogens with one attached hydrogen (secondary N) is 1. The summed E-state index contributed by atoms with van der Waals surface area (Å²) < 4.78 is 1.17. The molecule has 1 aromatic heterocycles. The van der Waals surface area contributed by atoms with Crippen molar-refractivity contribution in [3.05, 3.63) is 29.3 Å². The van der Waals surface area contributed by atoms with Crippen LogP contribution in [0.25, 0.3) is 10.2 Å². The average molecular weight is 375 g/mol. The number of benzene rings is 1. The van der Waals surface area contributed by atoms with Gasteiger partial charge in [-0.25, -0.2) is 4.98 Å². The summed E-state index contributed by atoms with van der Waals surface area (Å²) in [6.45, 7) is 1.33. The normalized spacial score (nSPS) is 23.9. The second-order valence-corrected chi connectivity index (χ2v) is 8.52. The van der Waals surface area contributed by atoms with Crippen LogP contribution in [-0.2, 0) is 9.59 Å². The van der Waals surface area contributed by atoms with E-state index >= 15 is 0 Å². The molecule has 0 saturated carbocycles. The molecule has 2 fully saturated rings. The van der Waals surface area contributed by atoms with E-state index < -0.39 is 5.25 Å². The first-order valence-electron chi connectivity index (χ1n) is 8.25. The molecule has 3 heterocycles. The lowest BCUT2D eigenvalue weighted by Gasteiger charge is -2.32. The number of carbonyl (C=O) groups excluding carboxylic acids is 3. The number of hydrogen-bond acceptors (Lipinski definition) is 6. The van der Waals surface area contributed by atoms with Gasteiger partial charge in [0, 0.05) is 25.4 Å². The highest BCUT2D eigenvalue weighted by molar-refractivity contribution is 8.15. The third kappa shape index (κ3) is 3.41. The van der Waals surface area contributed by atoms with E-state index in [1.165, 1.54) is 4.70 Å². The summed E-state index contributed by atoms with van der Waals surface area (Å²) in [5.74, 6) is -0.182. The molecule has 0 bridgehead atoms. The molecule has 0 radical (unpaired) electrons. The highest BCUT2D eigenvalue weighted by Gasteiger charge is 2.35. The maximum atomic E-state index is 12.6. The van der Waals surface area contributed by atoms with Crippen molar-refractivity contribution in [2.45, 2.75) is 30.4 Å². The zero-order valence-corrected chi connectivity index (χ0v) is 15.1. The Bertz CT molecular complexity index is 818. The Morgan fingerprint density at radius 3 is 2.92 bits per heavy atom. The Balaban J connectivity index is 1.44. The Kier molecular flexibility index (Phi) is 4.47. The SMILES string of the molecule is O=C1NC(=O)[C@H](CC(=O)N2CCC[C@@H](c3nc4ccccc4s3)C2)S1. The summed E-state index contributed by atoms with van der Waals surface area (Å²) in [7, 11) is 0. The van der Waals surface area contributed by atoms with Crippen LogP contribution in [0.5, 0.6) is 0 Å². The zero-order valence-electron chi connectivity index (χ0n) is 13.4. The minimum absolute atomic E-state index is 0.0619. The Morgan fingerprint density at radius 2 is 2.16 bits per heavy atom. The molecular weight excluding hydrogens is 358 g/mol. The third-order valence-corrected chi connectivity index (χ3v) is 6.74. The molecule has 1 aromatic carbocycles. The van der Waals surface area contributed by atoms with Crippen molar-refractivity contribution >= 4 is 50.4 Å². The van der Waals surface area contributed by atoms with Crippen LogP contribution >= 0.6 is 23.1 Å². The van der Waals surface area contributed by atoms with Crippen LogP contribution in [0.1, 0.15) is 30.2 Å². The summed E-state index contributed by atoms with van der Waals surface area (Å²) in [6.07, 6.45) is 2.02. The molecule has 2 aliphatic heterocycles. The van der Waals surface area contributed by atoms with Crippen LogP contribution in [-0.4, -0.2) is 45.3 Å². The van der Waals surface area contributed by atoms with Gasteiger partial charge in [0.2, 0.25) is 11.8 Å². The predicted molar refractivity (Wildman–Crippen MR) is 97.7 cm³/mol. The van der Waals surface area contributed by atoms with E-state index in [0.29, 0.717) is 13.1 Å². The number of para-hydroxylation sites is 1. The van der Waals surface area contributed by atoms with E-state index in [1.54, 1.807) is 11.3 Å². The van der Waals surface area contributed by atoms with Gasteiger partial charge in [-0.1, -0.05) is 23.9 Å². The quantitative estimate of drug-likeness (QED) is 0.892. The topological polar surface area (TPSA) is 79.4 Å². The zero-order chi connectivity index (χ0) is 17.4. The first kappa shape index (κ1) is 16.5. The lowest BCUT2D eigenvalue weighted by molar-refractivity contribution is -0.134. The van der Waals surface area contributed by atoms with Crippen molar-refractivity contribution < 1.29 is 14.4 Å². The van der Waals surface area contributed by atoms with Gasteiger partial charge in [-0.2, -0.15) is 0 Å². The maximum Gasteiger partial charge on any atom is 0.286 e. The lowest BCUT2D eigenvalue weighted by atomic mass is 9.98. The molecule has 0 spiro atoms. The fourth-order valence-corrected chi connectivity index (χ4v) is 5.19. The first-order chi connectivity index (χ1) is 12.1. The number of amides is 3. The number of rotatable bonds is 3. The Hall–Kier alpha value is -1.93. The number of likely N-dealkylation sites (tertiary alicyclic amines) is 1. The molecular formula is C17H17N3O3S2. The van der Waals surface area contributed by atoms with Crippen molar-refractivity contribution in [1.29, 1.82) is 0 Å². The summed E-state index contributed by atoms with van der Waals surface area (Å²) >= 11 is 2.60. The van der Waals surface area contributed by atoms with Gasteiger partial charge in [-0.15, -0.1) is 11.3 Å². The summed E-state index contributed by atoms with van der Waals surface area (Å²) in [5.41, 5.74) is 1.00. The fraction of sp³-hybridized carbons (Fsp3) is 0.412. The van der Waals surface area contributed by atoms with E-state index in [4.69, 9.17) is 4.98 Å². The van der Waals surface area contributed by atoms with Crippen LogP contribution in [0.2, 0.25) is 0 Å². The third-order valence-electron chi connectivity index (χ3n) is 4.56. The van der Waals surface area contributed by atoms with Gasteiger partial charge in [0.25, 0.3) is 5.24 Å². The highest BCUT2D eigenvalue weighted by Crippen LogP contribution is 2.33. The number of aromatic nitrogens is 1.